The summed E-state index contributed by atoms with van der Waals surface area (Å²) in [5.41, 5.74) is 0. The lowest BCUT2D eigenvalue weighted by Crippen LogP contribution is -2.30. The van der Waals surface area contributed by atoms with Crippen molar-refractivity contribution in [2.45, 2.75) is 369 Å². The van der Waals surface area contributed by atoms with Crippen LogP contribution < -0.4 is 0 Å². The highest BCUT2D eigenvalue weighted by Crippen LogP contribution is 2.45. The van der Waals surface area contributed by atoms with E-state index in [2.05, 4.69) is 48.5 Å². The van der Waals surface area contributed by atoms with Crippen LogP contribution in [-0.2, 0) is 65.4 Å². The van der Waals surface area contributed by atoms with E-state index in [1.807, 2.05) is 0 Å². The first-order chi connectivity index (χ1) is 42.8. The number of ether oxygens (including phenoxy) is 4. The van der Waals surface area contributed by atoms with Crippen molar-refractivity contribution in [2.75, 3.05) is 39.6 Å². The van der Waals surface area contributed by atoms with Gasteiger partial charge in [0.25, 0.3) is 0 Å². The van der Waals surface area contributed by atoms with Gasteiger partial charge in [-0.3, -0.25) is 37.3 Å². The van der Waals surface area contributed by atoms with E-state index >= 15 is 0 Å². The average Bonchev–Trinajstić information content (AvgIpc) is 3.71. The van der Waals surface area contributed by atoms with Gasteiger partial charge in [0, 0.05) is 25.7 Å². The topological polar surface area (TPSA) is 237 Å². The smallest absolute Gasteiger partial charge is 0.462 e. The molecule has 0 aromatic rings. The summed E-state index contributed by atoms with van der Waals surface area (Å²) in [7, 11) is -9.90. The van der Waals surface area contributed by atoms with Gasteiger partial charge >= 0.3 is 39.5 Å². The summed E-state index contributed by atoms with van der Waals surface area (Å²) < 4.78 is 68.2. The third kappa shape index (κ3) is 63.2. The van der Waals surface area contributed by atoms with Crippen molar-refractivity contribution in [2.24, 2.45) is 17.8 Å². The largest absolute Gasteiger partial charge is 0.472 e. The summed E-state index contributed by atoms with van der Waals surface area (Å²) in [6.07, 6.45) is 44.5. The summed E-state index contributed by atoms with van der Waals surface area (Å²) >= 11 is 0. The fourth-order valence-electron chi connectivity index (χ4n) is 10.5. The molecule has 17 nitrogen and oxygen atoms in total. The molecule has 528 valence electrons. The standard InChI is InChI=1S/C70H136O17P2/c1-8-10-11-12-13-30-37-44-51-67(72)80-57-65(87-70(75)54-47-40-33-25-23-28-35-42-49-62(5)6)59-84-88(76,77)82-55-64(71)56-83-89(78,79)85-60-66(58-81-68(73)52-45-38-31-26-24-29-36-43-50-63(7)9-2)86-69(74)53-46-39-32-22-20-18-16-14-15-17-19-21-27-34-41-48-61(3)4/h61-66,71H,8-60H2,1-7H3,(H,76,77)(H,78,79)/t63?,64-,65+,66+/m0/s1. The van der Waals surface area contributed by atoms with Gasteiger partial charge in [-0.05, 0) is 43.4 Å². The van der Waals surface area contributed by atoms with Gasteiger partial charge < -0.3 is 33.8 Å². The molecule has 0 heterocycles. The molecule has 0 aliphatic carbocycles. The first-order valence-corrected chi connectivity index (χ1v) is 39.4. The first-order valence-electron chi connectivity index (χ1n) is 36.4. The van der Waals surface area contributed by atoms with Crippen LogP contribution in [0, 0.1) is 17.8 Å². The number of unbranched alkanes of at least 4 members (excludes halogenated alkanes) is 35. The minimum atomic E-state index is -4.95. The van der Waals surface area contributed by atoms with Gasteiger partial charge in [-0.25, -0.2) is 9.13 Å². The third-order valence-electron chi connectivity index (χ3n) is 16.5. The average molecular weight is 1310 g/mol. The normalized spacial score (nSPS) is 14.5. The molecule has 19 heteroatoms. The quantitative estimate of drug-likeness (QED) is 0.0222. The van der Waals surface area contributed by atoms with Gasteiger partial charge in [0.1, 0.15) is 19.3 Å². The van der Waals surface area contributed by atoms with E-state index in [0.717, 1.165) is 114 Å². The number of carbonyl (C=O) groups is 4. The number of esters is 4. The third-order valence-corrected chi connectivity index (χ3v) is 18.4. The molecule has 0 aromatic carbocycles. The molecule has 0 fully saturated rings. The Morgan fingerprint density at radius 3 is 0.854 bits per heavy atom. The Morgan fingerprint density at radius 1 is 0.326 bits per heavy atom. The predicted octanol–water partition coefficient (Wildman–Crippen LogP) is 19.8. The Labute approximate surface area is 543 Å². The molecule has 0 saturated carbocycles. The van der Waals surface area contributed by atoms with Crippen LogP contribution in [-0.4, -0.2) is 96.7 Å². The Balaban J connectivity index is 5.21. The van der Waals surface area contributed by atoms with E-state index in [4.69, 9.17) is 37.0 Å². The zero-order chi connectivity index (χ0) is 65.9. The van der Waals surface area contributed by atoms with Crippen LogP contribution in [0.2, 0.25) is 0 Å². The maximum atomic E-state index is 13.0. The molecule has 0 bridgehead atoms. The minimum Gasteiger partial charge on any atom is -0.462 e. The van der Waals surface area contributed by atoms with Crippen LogP contribution in [0.5, 0.6) is 0 Å². The second-order valence-corrected chi connectivity index (χ2v) is 29.4. The number of aliphatic hydroxyl groups is 1. The fraction of sp³-hybridized carbons (Fsp3) is 0.943. The zero-order valence-electron chi connectivity index (χ0n) is 57.9. The highest BCUT2D eigenvalue weighted by atomic mass is 31.2. The minimum absolute atomic E-state index is 0.104. The maximum absolute atomic E-state index is 13.0. The molecule has 3 unspecified atom stereocenters. The molecule has 89 heavy (non-hydrogen) atoms. The monoisotopic (exact) mass is 1310 g/mol. The number of carbonyl (C=O) groups excluding carboxylic acids is 4. The molecule has 0 aromatic heterocycles. The SMILES string of the molecule is CCCCCCCCCCC(=O)OC[C@H](COP(=O)(O)OC[C@H](O)COP(=O)(O)OC[C@@H](COC(=O)CCCCCCCCCCC(C)CC)OC(=O)CCCCCCCCCCCCCCCCCC(C)C)OC(=O)CCCCCCCCCCC(C)C. The molecule has 0 aliphatic rings. The lowest BCUT2D eigenvalue weighted by Gasteiger charge is -2.21. The molecule has 0 amide bonds. The van der Waals surface area contributed by atoms with E-state index in [-0.39, 0.29) is 25.7 Å². The van der Waals surface area contributed by atoms with Crippen LogP contribution in [0.15, 0.2) is 0 Å². The molecular weight excluding hydrogens is 1170 g/mol. The number of phosphoric acid groups is 2. The van der Waals surface area contributed by atoms with Crippen molar-refractivity contribution in [1.82, 2.24) is 0 Å². The number of phosphoric ester groups is 2. The maximum Gasteiger partial charge on any atom is 0.472 e. The van der Waals surface area contributed by atoms with Crippen molar-refractivity contribution in [3.8, 4) is 0 Å². The van der Waals surface area contributed by atoms with Crippen molar-refractivity contribution in [1.29, 1.82) is 0 Å². The van der Waals surface area contributed by atoms with Crippen LogP contribution in [0.4, 0.5) is 0 Å². The summed E-state index contributed by atoms with van der Waals surface area (Å²) in [5, 5.41) is 10.6. The summed E-state index contributed by atoms with van der Waals surface area (Å²) in [6, 6.07) is 0. The van der Waals surface area contributed by atoms with Crippen LogP contribution in [0.1, 0.15) is 350 Å². The van der Waals surface area contributed by atoms with Crippen molar-refractivity contribution < 1.29 is 80.2 Å². The second kappa shape index (κ2) is 61.0. The summed E-state index contributed by atoms with van der Waals surface area (Å²) in [4.78, 5) is 72.4. The summed E-state index contributed by atoms with van der Waals surface area (Å²) in [5.74, 6) is 0.168. The Hall–Kier alpha value is -1.94. The van der Waals surface area contributed by atoms with Crippen molar-refractivity contribution >= 4 is 39.5 Å². The Bertz CT molecular complexity index is 1750. The number of hydrogen-bond donors (Lipinski definition) is 3. The lowest BCUT2D eigenvalue weighted by molar-refractivity contribution is -0.161. The van der Waals surface area contributed by atoms with Crippen LogP contribution >= 0.6 is 15.6 Å². The Kier molecular flexibility index (Phi) is 59.6. The van der Waals surface area contributed by atoms with Gasteiger partial charge in [0.15, 0.2) is 12.2 Å². The van der Waals surface area contributed by atoms with Crippen LogP contribution in [0.25, 0.3) is 0 Å². The van der Waals surface area contributed by atoms with Gasteiger partial charge in [-0.1, -0.05) is 299 Å². The molecule has 0 radical (unpaired) electrons. The predicted molar refractivity (Wildman–Crippen MR) is 358 cm³/mol. The van der Waals surface area contributed by atoms with E-state index in [1.165, 1.54) is 154 Å². The number of hydrogen-bond acceptors (Lipinski definition) is 15. The molecule has 0 saturated heterocycles. The molecule has 6 atom stereocenters. The fourth-order valence-corrected chi connectivity index (χ4v) is 12.1. The first kappa shape index (κ1) is 87.1. The molecular formula is C70H136O17P2. The molecule has 0 spiro atoms. The van der Waals surface area contributed by atoms with Crippen LogP contribution in [0.3, 0.4) is 0 Å². The highest BCUT2D eigenvalue weighted by Gasteiger charge is 2.30. The van der Waals surface area contributed by atoms with E-state index < -0.39 is 97.5 Å². The van der Waals surface area contributed by atoms with Gasteiger partial charge in [-0.15, -0.1) is 0 Å². The zero-order valence-corrected chi connectivity index (χ0v) is 59.7. The van der Waals surface area contributed by atoms with E-state index in [0.29, 0.717) is 25.7 Å². The highest BCUT2D eigenvalue weighted by molar-refractivity contribution is 7.47. The second-order valence-electron chi connectivity index (χ2n) is 26.5. The van der Waals surface area contributed by atoms with Gasteiger partial charge in [0.2, 0.25) is 0 Å². The Morgan fingerprint density at radius 2 is 0.573 bits per heavy atom. The number of aliphatic hydroxyl groups excluding tert-OH is 1. The summed E-state index contributed by atoms with van der Waals surface area (Å²) in [6.45, 7) is 11.8. The number of rotatable bonds is 68. The van der Waals surface area contributed by atoms with E-state index in [1.54, 1.807) is 0 Å². The van der Waals surface area contributed by atoms with Gasteiger partial charge in [0.05, 0.1) is 26.4 Å². The van der Waals surface area contributed by atoms with Gasteiger partial charge in [-0.2, -0.15) is 0 Å². The van der Waals surface area contributed by atoms with E-state index in [9.17, 15) is 43.2 Å². The molecule has 0 aliphatic heterocycles. The molecule has 3 N–H and O–H groups in total. The van der Waals surface area contributed by atoms with Crippen molar-refractivity contribution in [3.63, 3.8) is 0 Å². The lowest BCUT2D eigenvalue weighted by atomic mass is 9.99. The van der Waals surface area contributed by atoms with Crippen molar-refractivity contribution in [3.05, 3.63) is 0 Å². The molecule has 0 rings (SSSR count).